The van der Waals surface area contributed by atoms with E-state index >= 15 is 0 Å². The monoisotopic (exact) mass is 1900 g/mol. The van der Waals surface area contributed by atoms with Gasteiger partial charge in [0, 0.05) is 70.5 Å². The van der Waals surface area contributed by atoms with Crippen molar-refractivity contribution in [2.75, 3.05) is 104 Å². The largest absolute Gasteiger partial charge is 1.00 e. The molecule has 0 amide bonds. The summed E-state index contributed by atoms with van der Waals surface area (Å²) in [6.07, 6.45) is -29.0. The number of halogens is 21. The third kappa shape index (κ3) is 36.2. The van der Waals surface area contributed by atoms with E-state index in [1.54, 1.807) is 6.92 Å². The molecule has 0 heterocycles. The molecule has 104 heavy (non-hydrogen) atoms. The van der Waals surface area contributed by atoms with Crippen molar-refractivity contribution in [3.63, 3.8) is 0 Å². The molecule has 0 aliphatic carbocycles. The van der Waals surface area contributed by atoms with Gasteiger partial charge >= 0.3 is 284 Å². The Kier molecular flexibility index (Phi) is 50.6. The normalized spacial score (nSPS) is 14.7. The first-order chi connectivity index (χ1) is 43.0. The number of nitrogens with zero attached hydrogens (tertiary/aromatic N) is 6. The van der Waals surface area contributed by atoms with Crippen LogP contribution in [0, 0.1) is 0 Å². The van der Waals surface area contributed by atoms with Gasteiger partial charge in [-0.1, -0.05) is 26.2 Å². The van der Waals surface area contributed by atoms with E-state index in [1.165, 1.54) is 0 Å². The Morgan fingerprint density at radius 3 is 0.750 bits per heavy atom. The Bertz CT molecular complexity index is 4000. The van der Waals surface area contributed by atoms with Crippen LogP contribution in [0.5, 0.6) is 0 Å². The van der Waals surface area contributed by atoms with E-state index in [2.05, 4.69) is 20.9 Å². The smallest absolute Gasteiger partial charge is 0.259 e. The van der Waals surface area contributed by atoms with Gasteiger partial charge in [0.1, 0.15) is 0 Å². The molecule has 0 radical (unpaired) electrons. The quantitative estimate of drug-likeness (QED) is 0.0194. The number of sulfonamides is 5. The van der Waals surface area contributed by atoms with E-state index < -0.39 is 215 Å². The van der Waals surface area contributed by atoms with Crippen LogP contribution in [-0.4, -0.2) is 295 Å². The number of hydrogen-bond donors (Lipinski definition) is 0. The second-order valence-electron chi connectivity index (χ2n) is 19.1. The molecule has 0 aliphatic rings. The van der Waals surface area contributed by atoms with Gasteiger partial charge < -0.3 is 0 Å². The van der Waals surface area contributed by atoms with Crippen LogP contribution < -0.4 is 173 Å². The van der Waals surface area contributed by atoms with E-state index in [0.29, 0.717) is 53.9 Å². The van der Waals surface area contributed by atoms with Gasteiger partial charge in [-0.2, -0.15) is 107 Å². The molecule has 0 spiro atoms. The van der Waals surface area contributed by atoms with Gasteiger partial charge in [-0.15, -0.1) is 39.5 Å². The van der Waals surface area contributed by atoms with Crippen molar-refractivity contribution < 1.29 is 387 Å². The van der Waals surface area contributed by atoms with Gasteiger partial charge in [0.15, 0.2) is 23.1 Å². The van der Waals surface area contributed by atoms with Gasteiger partial charge in [0.25, 0.3) is 13.8 Å². The summed E-state index contributed by atoms with van der Waals surface area (Å²) in [6, 6.07) is -5.79. The van der Waals surface area contributed by atoms with Crippen LogP contribution in [0.25, 0.3) is 0 Å². The molecule has 35 nitrogen and oxygen atoms in total. The first-order valence-electron chi connectivity index (χ1n) is 23.7. The maximum Gasteiger partial charge on any atom is 1.00 e. The van der Waals surface area contributed by atoms with Crippen molar-refractivity contribution in [3.8, 4) is 0 Å². The van der Waals surface area contributed by atoms with Crippen LogP contribution >= 0.6 is 0 Å². The van der Waals surface area contributed by atoms with E-state index in [-0.39, 0.29) is 202 Å². The molecular weight excluding hydrogens is 1840 g/mol. The topological polar surface area (TPSA) is 475 Å². The molecule has 0 aromatic rings. The first kappa shape index (κ1) is 123. The molecule has 0 atom stereocenters. The molecule has 0 aromatic heterocycles. The molecular formula is C32H57F21K3LiN6O29S12+4. The Hall–Kier alpha value is 3.00. The molecule has 0 bridgehead atoms. The van der Waals surface area contributed by atoms with Gasteiger partial charge in [0.2, 0.25) is 50.1 Å². The number of sulfone groups is 2. The van der Waals surface area contributed by atoms with Gasteiger partial charge in [-0.3, -0.25) is 8.37 Å². The van der Waals surface area contributed by atoms with Crippen LogP contribution in [0.3, 0.4) is 0 Å². The van der Waals surface area contributed by atoms with E-state index in [9.17, 15) is 193 Å². The predicted molar refractivity (Wildman–Crippen MR) is 294 cm³/mol. The minimum Gasteiger partial charge on any atom is -0.259 e. The summed E-state index contributed by atoms with van der Waals surface area (Å²) in [7, 11) is -62.9. The van der Waals surface area contributed by atoms with Crippen molar-refractivity contribution in [2.45, 2.75) is 96.9 Å². The van der Waals surface area contributed by atoms with Crippen molar-refractivity contribution in [1.82, 2.24) is 26.4 Å². The zero-order valence-corrected chi connectivity index (χ0v) is 74.8. The summed E-state index contributed by atoms with van der Waals surface area (Å²) in [6.45, 7) is -4.18. The SMILES string of the molecule is CCCCCCS(=O)(=O)C(S(=O)(=O)OC(F)(F)F)S(=O)(=O)OC(F)(F)F.CN(C)C(F)(F)C(F)(F)C(F)(F)S(=O)(=O)C(S(=O)(=O)N(C)C)S(=O)(=O)N(C)C.CN(C)S(=O)(=O)C(S(=O)(=O)N(C)C)S(=O)(=O)N(C)C.O=S(=O)(OCC(F)(F)F)C(S(=O)(=O)OCC(F)(F)F)S(=O)(=O)OC(F)(F)F.[K+].[K+].[K+].[Li+]. The van der Waals surface area contributed by atoms with Crippen LogP contribution in [-0.2, 0) is 141 Å². The van der Waals surface area contributed by atoms with E-state index in [1.807, 2.05) is 0 Å². The van der Waals surface area contributed by atoms with Crippen molar-refractivity contribution in [3.05, 3.63) is 0 Å². The van der Waals surface area contributed by atoms with Crippen LogP contribution in [0.2, 0.25) is 0 Å². The Morgan fingerprint density at radius 1 is 0.317 bits per heavy atom. The van der Waals surface area contributed by atoms with Crippen LogP contribution in [0.15, 0.2) is 0 Å². The molecule has 0 rings (SSSR count). The number of hydrogen-bond acceptors (Lipinski definition) is 30. The molecule has 0 aromatic carbocycles. The van der Waals surface area contributed by atoms with E-state index in [0.717, 1.165) is 42.3 Å². The van der Waals surface area contributed by atoms with Crippen LogP contribution in [0.4, 0.5) is 92.2 Å². The molecule has 72 heteroatoms. The molecule has 0 aliphatic heterocycles. The predicted octanol–water partition coefficient (Wildman–Crippen LogP) is -11.2. The molecule has 0 unspecified atom stereocenters. The minimum atomic E-state index is -7.33. The summed E-state index contributed by atoms with van der Waals surface area (Å²) in [5.74, 6) is -8.02. The fraction of sp³-hybridized carbons (Fsp3) is 1.00. The Labute approximate surface area is 723 Å². The van der Waals surface area contributed by atoms with Crippen molar-refractivity contribution in [2.24, 2.45) is 0 Å². The average Bonchev–Trinajstić information content (AvgIpc) is 0.710. The third-order valence-electron chi connectivity index (χ3n) is 9.84. The maximum atomic E-state index is 14.3. The van der Waals surface area contributed by atoms with Crippen molar-refractivity contribution in [1.29, 1.82) is 0 Å². The summed E-state index contributed by atoms with van der Waals surface area (Å²) in [5.41, 5.74) is 0. The summed E-state index contributed by atoms with van der Waals surface area (Å²) >= 11 is 0. The summed E-state index contributed by atoms with van der Waals surface area (Å²) < 4.78 is 546. The second kappa shape index (κ2) is 42.9. The zero-order chi connectivity index (χ0) is 82.3. The number of alkyl halides is 21. The average molecular weight is 1900 g/mol. The first-order valence-corrected chi connectivity index (χ1v) is 41.9. The second-order valence-corrected chi connectivity index (χ2v) is 46.4. The Balaban J connectivity index is -0.000000196. The van der Waals surface area contributed by atoms with Crippen molar-refractivity contribution >= 4 is 120 Å². The molecule has 0 saturated heterocycles. The molecule has 608 valence electrons. The fourth-order valence-corrected chi connectivity index (χ4v) is 33.1. The number of rotatable bonds is 33. The standard InChI is InChI=1S/C10H19F6N3O6S3.C9H14F6O8S3.C7H19N3O6S3.C6H5F9O9S3.3K.Li/c1-17(2)9(13,14)8(11,12)10(15,16)26(20,21)7(27(22,23)18(3)4)28(24,25)19(5)6;1-2-3-4-5-6-24(16,17)7(25(18,19)22-8(10,11)12)26(20,21)23-9(13,14)15;1-8(2)17(11,12)7(18(13,14)9(3)4)19(15,16)10(5)6;7-4(8,9)1-22-25(16,17)3(27(20,21)24-6(13,14)15)26(18,19)23-2-5(10,11)12;;;;/h7H,1-6H3;7H,2-6H2,1H3;7H,1-6H3;3H,1-2H2;;;;/q;;;;4*+1. The van der Waals surface area contributed by atoms with Gasteiger partial charge in [0.05, 0.1) is 5.75 Å². The molecule has 0 saturated carbocycles. The number of unbranched alkanes of at least 4 members (excludes halogenated alkanes) is 3. The van der Waals surface area contributed by atoms with Gasteiger partial charge in [-0.25, -0.2) is 85.4 Å². The molecule has 0 N–H and O–H groups in total. The zero-order valence-electron chi connectivity index (χ0n) is 55.6. The third-order valence-corrected chi connectivity index (χ3v) is 42.4. The summed E-state index contributed by atoms with van der Waals surface area (Å²) in [5, 5.41) is -6.80. The molecule has 0 fully saturated rings. The maximum absolute atomic E-state index is 14.3. The fourth-order valence-electron chi connectivity index (χ4n) is 5.24. The van der Waals surface area contributed by atoms with E-state index in [4.69, 9.17) is 0 Å². The summed E-state index contributed by atoms with van der Waals surface area (Å²) in [4.78, 5) is -0.730. The van der Waals surface area contributed by atoms with Gasteiger partial charge in [-0.05, 0) is 20.5 Å². The van der Waals surface area contributed by atoms with Crippen LogP contribution in [0.1, 0.15) is 32.6 Å². The Morgan fingerprint density at radius 2 is 0.548 bits per heavy atom. The minimum absolute atomic E-state index is 0.